The van der Waals surface area contributed by atoms with Crippen molar-refractivity contribution in [2.75, 3.05) is 13.2 Å². The van der Waals surface area contributed by atoms with Crippen molar-refractivity contribution in [1.29, 1.82) is 0 Å². The molecule has 7 heteroatoms. The number of nitrogens with zero attached hydrogens (tertiary/aromatic N) is 2. The molecule has 0 unspecified atom stereocenters. The lowest BCUT2D eigenvalue weighted by Crippen LogP contribution is -2.12. The number of carbonyl (C=O) groups excluding carboxylic acids is 1. The Morgan fingerprint density at radius 2 is 1.79 bits per heavy atom. The van der Waals surface area contributed by atoms with Gasteiger partial charge in [0.15, 0.2) is 0 Å². The van der Waals surface area contributed by atoms with Gasteiger partial charge in [-0.3, -0.25) is 0 Å². The summed E-state index contributed by atoms with van der Waals surface area (Å²) in [6, 6.07) is 19.1. The van der Waals surface area contributed by atoms with Gasteiger partial charge >= 0.3 is 5.97 Å². The van der Waals surface area contributed by atoms with Crippen molar-refractivity contribution in [2.24, 2.45) is 0 Å². The second-order valence-electron chi connectivity index (χ2n) is 6.09. The van der Waals surface area contributed by atoms with Gasteiger partial charge in [-0.25, -0.2) is 13.9 Å². The molecule has 2 aromatic heterocycles. The third-order valence-electron chi connectivity index (χ3n) is 4.11. The summed E-state index contributed by atoms with van der Waals surface area (Å²) in [5, 5.41) is 6.52. The molecule has 0 aliphatic carbocycles. The van der Waals surface area contributed by atoms with Crippen molar-refractivity contribution in [3.8, 4) is 22.0 Å². The molecule has 29 heavy (non-hydrogen) atoms. The third-order valence-corrected chi connectivity index (χ3v) is 4.98. The molecule has 146 valence electrons. The predicted molar refractivity (Wildman–Crippen MR) is 109 cm³/mol. The molecule has 0 aliphatic heterocycles. The molecule has 0 bridgehead atoms. The average molecular weight is 408 g/mol. The minimum Gasteiger partial charge on any atom is -0.490 e. The summed E-state index contributed by atoms with van der Waals surface area (Å²) >= 11 is 1.50. The Morgan fingerprint density at radius 3 is 2.52 bits per heavy atom. The number of ether oxygens (including phenoxy) is 2. The van der Waals surface area contributed by atoms with Crippen LogP contribution < -0.4 is 4.74 Å². The number of halogens is 1. The summed E-state index contributed by atoms with van der Waals surface area (Å²) in [5.74, 6) is -0.294. The highest BCUT2D eigenvalue weighted by Crippen LogP contribution is 2.28. The van der Waals surface area contributed by atoms with E-state index >= 15 is 0 Å². The van der Waals surface area contributed by atoms with Gasteiger partial charge in [0.2, 0.25) is 0 Å². The van der Waals surface area contributed by atoms with Crippen LogP contribution >= 0.6 is 11.3 Å². The first-order chi connectivity index (χ1) is 14.2. The highest BCUT2D eigenvalue weighted by atomic mass is 32.1. The van der Waals surface area contributed by atoms with Gasteiger partial charge in [-0.1, -0.05) is 24.3 Å². The Morgan fingerprint density at radius 1 is 1.00 bits per heavy atom. The van der Waals surface area contributed by atoms with Crippen LogP contribution in [0.3, 0.4) is 0 Å². The first-order valence-corrected chi connectivity index (χ1v) is 9.83. The van der Waals surface area contributed by atoms with Gasteiger partial charge in [0.1, 0.15) is 36.0 Å². The van der Waals surface area contributed by atoms with Gasteiger partial charge in [0, 0.05) is 6.20 Å². The molecule has 0 saturated heterocycles. The number of hydrogen-bond donors (Lipinski definition) is 0. The van der Waals surface area contributed by atoms with Crippen molar-refractivity contribution < 1.29 is 18.7 Å². The molecule has 4 rings (SSSR count). The normalized spacial score (nSPS) is 10.7. The fraction of sp³-hybridized carbons (Fsp3) is 0.0909. The average Bonchev–Trinajstić information content (AvgIpc) is 3.43. The number of benzene rings is 2. The molecule has 0 atom stereocenters. The van der Waals surface area contributed by atoms with Crippen molar-refractivity contribution in [2.45, 2.75) is 0 Å². The molecule has 0 radical (unpaired) electrons. The summed E-state index contributed by atoms with van der Waals surface area (Å²) in [6.45, 7) is 0.231. The zero-order valence-corrected chi connectivity index (χ0v) is 16.1. The van der Waals surface area contributed by atoms with E-state index in [9.17, 15) is 9.18 Å². The van der Waals surface area contributed by atoms with Gasteiger partial charge in [-0.2, -0.15) is 5.10 Å². The van der Waals surface area contributed by atoms with E-state index in [1.54, 1.807) is 10.9 Å². The zero-order valence-electron chi connectivity index (χ0n) is 15.3. The van der Waals surface area contributed by atoms with Gasteiger partial charge in [-0.15, -0.1) is 11.3 Å². The second-order valence-corrected chi connectivity index (χ2v) is 7.03. The fourth-order valence-electron chi connectivity index (χ4n) is 2.73. The van der Waals surface area contributed by atoms with Crippen molar-refractivity contribution in [3.05, 3.63) is 89.7 Å². The maximum absolute atomic E-state index is 12.9. The number of aromatic nitrogens is 2. The third kappa shape index (κ3) is 4.52. The molecule has 2 aromatic carbocycles. The number of carbonyl (C=O) groups is 1. The van der Waals surface area contributed by atoms with Crippen molar-refractivity contribution in [3.63, 3.8) is 0 Å². The van der Waals surface area contributed by atoms with Crippen LogP contribution in [0, 0.1) is 5.82 Å². The smallest absolute Gasteiger partial charge is 0.342 e. The summed E-state index contributed by atoms with van der Waals surface area (Å²) < 4.78 is 25.4. The van der Waals surface area contributed by atoms with Gasteiger partial charge in [0.05, 0.1) is 10.6 Å². The molecular weight excluding hydrogens is 391 g/mol. The Labute approximate surface area is 170 Å². The quantitative estimate of drug-likeness (QED) is 0.320. The molecule has 0 fully saturated rings. The van der Waals surface area contributed by atoms with E-state index in [2.05, 4.69) is 5.10 Å². The van der Waals surface area contributed by atoms with E-state index in [0.717, 1.165) is 10.6 Å². The van der Waals surface area contributed by atoms with E-state index in [1.165, 1.54) is 35.6 Å². The SMILES string of the molecule is O=C(OCCOc1ccc(F)cc1)c1cn(-c2ccccc2)nc1-c1cccs1. The monoisotopic (exact) mass is 408 g/mol. The molecule has 0 saturated carbocycles. The summed E-state index contributed by atoms with van der Waals surface area (Å²) in [5.41, 5.74) is 1.82. The topological polar surface area (TPSA) is 53.4 Å². The Balaban J connectivity index is 1.46. The maximum Gasteiger partial charge on any atom is 0.342 e. The number of rotatable bonds is 7. The number of para-hydroxylation sites is 1. The van der Waals surface area contributed by atoms with Crippen LogP contribution in [0.15, 0.2) is 78.3 Å². The van der Waals surface area contributed by atoms with Crippen LogP contribution in [0.1, 0.15) is 10.4 Å². The van der Waals surface area contributed by atoms with Crippen LogP contribution in [0.25, 0.3) is 16.3 Å². The van der Waals surface area contributed by atoms with Crippen LogP contribution in [-0.4, -0.2) is 29.0 Å². The van der Waals surface area contributed by atoms with Gasteiger partial charge in [0.25, 0.3) is 0 Å². The Bertz CT molecular complexity index is 1080. The van der Waals surface area contributed by atoms with E-state index in [0.29, 0.717) is 17.0 Å². The number of thiophene rings is 1. The van der Waals surface area contributed by atoms with Crippen molar-refractivity contribution in [1.82, 2.24) is 9.78 Å². The van der Waals surface area contributed by atoms with E-state index in [-0.39, 0.29) is 19.0 Å². The lowest BCUT2D eigenvalue weighted by Gasteiger charge is -2.07. The molecule has 0 amide bonds. The largest absolute Gasteiger partial charge is 0.490 e. The molecule has 0 N–H and O–H groups in total. The van der Waals surface area contributed by atoms with Crippen LogP contribution in [0.5, 0.6) is 5.75 Å². The first-order valence-electron chi connectivity index (χ1n) is 8.95. The number of esters is 1. The minimum absolute atomic E-state index is 0.0661. The number of hydrogen-bond acceptors (Lipinski definition) is 5. The molecular formula is C22H17FN2O3S. The van der Waals surface area contributed by atoms with Crippen LogP contribution in [-0.2, 0) is 4.74 Å². The maximum atomic E-state index is 12.9. The van der Waals surface area contributed by atoms with Crippen LogP contribution in [0.4, 0.5) is 4.39 Å². The summed E-state index contributed by atoms with van der Waals surface area (Å²) in [4.78, 5) is 13.6. The lowest BCUT2D eigenvalue weighted by atomic mass is 10.2. The molecule has 4 aromatic rings. The Kier molecular flexibility index (Phi) is 5.67. The van der Waals surface area contributed by atoms with E-state index in [4.69, 9.17) is 9.47 Å². The summed E-state index contributed by atoms with van der Waals surface area (Å²) in [7, 11) is 0. The first kappa shape index (κ1) is 18.9. The van der Waals surface area contributed by atoms with E-state index in [1.807, 2.05) is 47.8 Å². The summed E-state index contributed by atoms with van der Waals surface area (Å²) in [6.07, 6.45) is 1.67. The highest BCUT2D eigenvalue weighted by molar-refractivity contribution is 7.13. The molecule has 0 aliphatic rings. The van der Waals surface area contributed by atoms with Gasteiger partial charge < -0.3 is 9.47 Å². The lowest BCUT2D eigenvalue weighted by molar-refractivity contribution is 0.0451. The van der Waals surface area contributed by atoms with Crippen LogP contribution in [0.2, 0.25) is 0 Å². The zero-order chi connectivity index (χ0) is 20.1. The predicted octanol–water partition coefficient (Wildman–Crippen LogP) is 4.98. The molecule has 0 spiro atoms. The van der Waals surface area contributed by atoms with E-state index < -0.39 is 5.97 Å². The van der Waals surface area contributed by atoms with Crippen molar-refractivity contribution >= 4 is 17.3 Å². The molecule has 5 nitrogen and oxygen atoms in total. The highest BCUT2D eigenvalue weighted by Gasteiger charge is 2.20. The Hall–Kier alpha value is -3.45. The minimum atomic E-state index is -0.474. The van der Waals surface area contributed by atoms with Gasteiger partial charge in [-0.05, 0) is 47.8 Å². The standard InChI is InChI=1S/C22H17FN2O3S/c23-16-8-10-18(11-9-16)27-12-13-28-22(26)19-15-25(17-5-2-1-3-6-17)24-21(19)20-7-4-14-29-20/h1-11,14-15H,12-13H2. The second kappa shape index (κ2) is 8.70. The fourth-order valence-corrected chi connectivity index (χ4v) is 3.46. The molecule has 2 heterocycles.